The van der Waals surface area contributed by atoms with Gasteiger partial charge in [0.1, 0.15) is 0 Å². The third-order valence-corrected chi connectivity index (χ3v) is 5.58. The summed E-state index contributed by atoms with van der Waals surface area (Å²) in [6, 6.07) is 4.82. The van der Waals surface area contributed by atoms with Gasteiger partial charge in [-0.2, -0.15) is 0 Å². The van der Waals surface area contributed by atoms with E-state index >= 15 is 0 Å². The smallest absolute Gasteiger partial charge is 0.0949 e. The molecule has 21 heavy (non-hydrogen) atoms. The van der Waals surface area contributed by atoms with Gasteiger partial charge in [-0.05, 0) is 30.8 Å². The Labute approximate surface area is 129 Å². The Morgan fingerprint density at radius 1 is 1.48 bits per heavy atom. The molecule has 2 aromatic heterocycles. The van der Waals surface area contributed by atoms with Crippen molar-refractivity contribution in [2.45, 2.75) is 37.5 Å². The van der Waals surface area contributed by atoms with Crippen LogP contribution in [0.3, 0.4) is 0 Å². The van der Waals surface area contributed by atoms with Crippen LogP contribution >= 0.6 is 11.3 Å². The second-order valence-electron chi connectivity index (χ2n) is 6.26. The summed E-state index contributed by atoms with van der Waals surface area (Å²) in [4.78, 5) is 8.18. The van der Waals surface area contributed by atoms with E-state index < -0.39 is 0 Å². The van der Waals surface area contributed by atoms with Gasteiger partial charge in [-0.1, -0.05) is 6.07 Å². The zero-order valence-electron chi connectivity index (χ0n) is 12.1. The molecule has 2 atom stereocenters. The molecule has 2 aliphatic rings. The number of likely N-dealkylation sites (tertiary alicyclic amines) is 1. The van der Waals surface area contributed by atoms with Crippen LogP contribution in [0.2, 0.25) is 0 Å². The lowest BCUT2D eigenvalue weighted by Crippen LogP contribution is -2.47. The van der Waals surface area contributed by atoms with E-state index in [0.717, 1.165) is 26.1 Å². The average Bonchev–Trinajstić information content (AvgIpc) is 3.20. The Bertz CT molecular complexity index is 568. The maximum Gasteiger partial charge on any atom is 0.0949 e. The van der Waals surface area contributed by atoms with Gasteiger partial charge in [0.2, 0.25) is 0 Å². The lowest BCUT2D eigenvalue weighted by Gasteiger charge is -2.39. The van der Waals surface area contributed by atoms with E-state index in [0.29, 0.717) is 6.04 Å². The molecule has 2 saturated heterocycles. The van der Waals surface area contributed by atoms with Crippen LogP contribution in [0.4, 0.5) is 0 Å². The number of hydrogen-bond acceptors (Lipinski definition) is 4. The van der Waals surface area contributed by atoms with E-state index in [1.807, 2.05) is 23.9 Å². The summed E-state index contributed by atoms with van der Waals surface area (Å²) < 4.78 is 8.48. The number of ether oxygens (including phenoxy) is 1. The third-order valence-electron chi connectivity index (χ3n) is 4.71. The molecule has 2 fully saturated rings. The summed E-state index contributed by atoms with van der Waals surface area (Å²) >= 11 is 1.85. The van der Waals surface area contributed by atoms with Crippen LogP contribution in [0.5, 0.6) is 0 Å². The minimum atomic E-state index is 0.0600. The lowest BCUT2D eigenvalue weighted by atomic mass is 9.88. The van der Waals surface area contributed by atoms with Crippen molar-refractivity contribution in [3.63, 3.8) is 0 Å². The van der Waals surface area contributed by atoms with Crippen molar-refractivity contribution in [3.8, 4) is 0 Å². The Hall–Kier alpha value is -1.17. The molecule has 4 rings (SSSR count). The summed E-state index contributed by atoms with van der Waals surface area (Å²) in [7, 11) is 0. The second-order valence-corrected chi connectivity index (χ2v) is 7.29. The maximum absolute atomic E-state index is 6.28. The van der Waals surface area contributed by atoms with Gasteiger partial charge >= 0.3 is 0 Å². The van der Waals surface area contributed by atoms with Gasteiger partial charge in [0.25, 0.3) is 0 Å². The van der Waals surface area contributed by atoms with E-state index in [2.05, 4.69) is 38.2 Å². The van der Waals surface area contributed by atoms with Crippen molar-refractivity contribution in [1.82, 2.24) is 14.5 Å². The largest absolute Gasteiger partial charge is 0.371 e. The van der Waals surface area contributed by atoms with Gasteiger partial charge < -0.3 is 9.30 Å². The number of rotatable bonds is 3. The number of thiophene rings is 1. The molecular formula is C16H21N3OS. The highest BCUT2D eigenvalue weighted by atomic mass is 32.1. The summed E-state index contributed by atoms with van der Waals surface area (Å²) in [5.74, 6) is 0. The SMILES string of the molecule is c1csc(CN2CCC[C@@]3(C[C@H](n4ccnc4)CO3)C2)c1. The highest BCUT2D eigenvalue weighted by Gasteiger charge is 2.43. The third kappa shape index (κ3) is 2.78. The van der Waals surface area contributed by atoms with Crippen LogP contribution in [-0.2, 0) is 11.3 Å². The number of nitrogens with zero attached hydrogens (tertiary/aromatic N) is 3. The molecule has 0 aliphatic carbocycles. The summed E-state index contributed by atoms with van der Waals surface area (Å²) in [5.41, 5.74) is 0.0600. The molecule has 2 aliphatic heterocycles. The molecule has 0 unspecified atom stereocenters. The lowest BCUT2D eigenvalue weighted by molar-refractivity contribution is -0.0532. The zero-order chi connectivity index (χ0) is 14.1. The fraction of sp³-hybridized carbons (Fsp3) is 0.562. The van der Waals surface area contributed by atoms with Crippen molar-refractivity contribution in [2.75, 3.05) is 19.7 Å². The Morgan fingerprint density at radius 2 is 2.48 bits per heavy atom. The van der Waals surface area contributed by atoms with Crippen LogP contribution in [0.15, 0.2) is 36.2 Å². The Morgan fingerprint density at radius 3 is 3.29 bits per heavy atom. The minimum absolute atomic E-state index is 0.0600. The molecular weight excluding hydrogens is 282 g/mol. The first-order chi connectivity index (χ1) is 10.3. The molecule has 2 aromatic rings. The Kier molecular flexibility index (Phi) is 3.57. The molecule has 0 radical (unpaired) electrons. The topological polar surface area (TPSA) is 30.3 Å². The molecule has 112 valence electrons. The van der Waals surface area contributed by atoms with Crippen molar-refractivity contribution in [2.24, 2.45) is 0 Å². The van der Waals surface area contributed by atoms with Crippen LogP contribution in [0.25, 0.3) is 0 Å². The fourth-order valence-corrected chi connectivity index (χ4v) is 4.48. The van der Waals surface area contributed by atoms with Gasteiger partial charge in [0.15, 0.2) is 0 Å². The van der Waals surface area contributed by atoms with Gasteiger partial charge in [-0.15, -0.1) is 11.3 Å². The van der Waals surface area contributed by atoms with Crippen LogP contribution < -0.4 is 0 Å². The quantitative estimate of drug-likeness (QED) is 0.873. The van der Waals surface area contributed by atoms with Gasteiger partial charge in [0.05, 0.1) is 24.6 Å². The first-order valence-electron chi connectivity index (χ1n) is 7.69. The molecule has 0 aromatic carbocycles. The first kappa shape index (κ1) is 13.5. The van der Waals surface area contributed by atoms with Crippen LogP contribution in [0, 0.1) is 0 Å². The molecule has 0 amide bonds. The van der Waals surface area contributed by atoms with Gasteiger partial charge in [0, 0.05) is 36.8 Å². The summed E-state index contributed by atoms with van der Waals surface area (Å²) in [6.07, 6.45) is 9.37. The summed E-state index contributed by atoms with van der Waals surface area (Å²) in [5, 5.41) is 2.16. The van der Waals surface area contributed by atoms with Crippen LogP contribution in [0.1, 0.15) is 30.2 Å². The predicted octanol–water partition coefficient (Wildman–Crippen LogP) is 2.94. The monoisotopic (exact) mass is 303 g/mol. The molecule has 5 heteroatoms. The minimum Gasteiger partial charge on any atom is -0.371 e. The first-order valence-corrected chi connectivity index (χ1v) is 8.57. The van der Waals surface area contributed by atoms with Crippen molar-refractivity contribution < 1.29 is 4.74 Å². The molecule has 0 bridgehead atoms. The average molecular weight is 303 g/mol. The second kappa shape index (κ2) is 5.55. The fourth-order valence-electron chi connectivity index (χ4n) is 3.73. The molecule has 0 saturated carbocycles. The van der Waals surface area contributed by atoms with Gasteiger partial charge in [-0.25, -0.2) is 4.98 Å². The number of hydrogen-bond donors (Lipinski definition) is 0. The number of imidazole rings is 1. The van der Waals surface area contributed by atoms with Crippen molar-refractivity contribution in [3.05, 3.63) is 41.1 Å². The van der Waals surface area contributed by atoms with Crippen molar-refractivity contribution >= 4 is 11.3 Å². The summed E-state index contributed by atoms with van der Waals surface area (Å²) in [6.45, 7) is 4.15. The standard InChI is InChI=1S/C16H21N3OS/c1-3-15(21-8-1)10-18-6-2-4-16(12-18)9-14(11-20-16)19-7-5-17-13-19/h1,3,5,7-8,13-14H,2,4,6,9-12H2/t14-,16+/m0/s1. The Balaban J connectivity index is 1.43. The highest BCUT2D eigenvalue weighted by Crippen LogP contribution is 2.39. The molecule has 4 nitrogen and oxygen atoms in total. The molecule has 1 spiro atoms. The molecule has 4 heterocycles. The van der Waals surface area contributed by atoms with Crippen molar-refractivity contribution in [1.29, 1.82) is 0 Å². The number of piperidine rings is 1. The van der Waals surface area contributed by atoms with E-state index in [4.69, 9.17) is 4.74 Å². The molecule has 0 N–H and O–H groups in total. The normalized spacial score (nSPS) is 30.2. The highest BCUT2D eigenvalue weighted by molar-refractivity contribution is 7.09. The van der Waals surface area contributed by atoms with Crippen LogP contribution in [-0.4, -0.2) is 39.7 Å². The van der Waals surface area contributed by atoms with E-state index in [9.17, 15) is 0 Å². The zero-order valence-corrected chi connectivity index (χ0v) is 13.0. The van der Waals surface area contributed by atoms with Gasteiger partial charge in [-0.3, -0.25) is 4.90 Å². The number of aromatic nitrogens is 2. The van der Waals surface area contributed by atoms with E-state index in [1.54, 1.807) is 0 Å². The van der Waals surface area contributed by atoms with E-state index in [-0.39, 0.29) is 5.60 Å². The maximum atomic E-state index is 6.28. The predicted molar refractivity (Wildman–Crippen MR) is 83.4 cm³/mol. The van der Waals surface area contributed by atoms with E-state index in [1.165, 1.54) is 24.3 Å².